The monoisotopic (exact) mass is 189 g/mol. The average molecular weight is 189 g/mol. The van der Waals surface area contributed by atoms with Crippen molar-refractivity contribution in [1.29, 1.82) is 0 Å². The maximum atomic E-state index is 5.53. The van der Waals surface area contributed by atoms with E-state index in [1.165, 1.54) is 0 Å². The van der Waals surface area contributed by atoms with Crippen LogP contribution < -0.4 is 5.32 Å². The number of hydrogen-bond acceptors (Lipinski definition) is 4. The molecule has 0 spiro atoms. The molecule has 1 fully saturated rings. The van der Waals surface area contributed by atoms with Crippen molar-refractivity contribution in [2.45, 2.75) is 26.2 Å². The molecule has 1 atom stereocenters. The maximum Gasteiger partial charge on any atom is 0.184 e. The van der Waals surface area contributed by atoms with E-state index in [4.69, 9.17) is 14.2 Å². The van der Waals surface area contributed by atoms with Crippen LogP contribution in [0.2, 0.25) is 0 Å². The molecule has 0 aromatic carbocycles. The van der Waals surface area contributed by atoms with Gasteiger partial charge < -0.3 is 19.5 Å². The second-order valence-corrected chi connectivity index (χ2v) is 2.89. The van der Waals surface area contributed by atoms with Crippen LogP contribution in [0.4, 0.5) is 0 Å². The molecular weight excluding hydrogens is 170 g/mol. The first-order valence-electron chi connectivity index (χ1n) is 4.94. The van der Waals surface area contributed by atoms with E-state index in [0.717, 1.165) is 19.7 Å². The van der Waals surface area contributed by atoms with Gasteiger partial charge in [-0.3, -0.25) is 0 Å². The van der Waals surface area contributed by atoms with E-state index >= 15 is 0 Å². The zero-order chi connectivity index (χ0) is 9.52. The van der Waals surface area contributed by atoms with Gasteiger partial charge in [0.05, 0.1) is 6.61 Å². The fourth-order valence-electron chi connectivity index (χ4n) is 1.35. The highest BCUT2D eigenvalue weighted by molar-refractivity contribution is 4.70. The van der Waals surface area contributed by atoms with E-state index in [1.807, 2.05) is 13.8 Å². The van der Waals surface area contributed by atoms with Crippen LogP contribution in [0.25, 0.3) is 0 Å². The zero-order valence-corrected chi connectivity index (χ0v) is 8.41. The SMILES string of the molecule is CCOC(OCC)C1CNCCO1. The Morgan fingerprint density at radius 2 is 2.08 bits per heavy atom. The molecule has 0 amide bonds. The van der Waals surface area contributed by atoms with Gasteiger partial charge in [0.2, 0.25) is 0 Å². The van der Waals surface area contributed by atoms with Crippen LogP contribution in [0, 0.1) is 0 Å². The van der Waals surface area contributed by atoms with E-state index in [2.05, 4.69) is 5.32 Å². The Hall–Kier alpha value is -0.160. The van der Waals surface area contributed by atoms with Crippen molar-refractivity contribution in [2.24, 2.45) is 0 Å². The molecule has 0 radical (unpaired) electrons. The Morgan fingerprint density at radius 3 is 2.54 bits per heavy atom. The third-order valence-electron chi connectivity index (χ3n) is 1.92. The Kier molecular flexibility index (Phi) is 5.31. The van der Waals surface area contributed by atoms with Gasteiger partial charge in [-0.05, 0) is 13.8 Å². The minimum absolute atomic E-state index is 0.0358. The summed E-state index contributed by atoms with van der Waals surface area (Å²) in [6, 6.07) is 0. The molecule has 1 aliphatic rings. The lowest BCUT2D eigenvalue weighted by atomic mass is 10.3. The van der Waals surface area contributed by atoms with Gasteiger partial charge in [-0.25, -0.2) is 0 Å². The van der Waals surface area contributed by atoms with Gasteiger partial charge in [-0.1, -0.05) is 0 Å². The Morgan fingerprint density at radius 1 is 1.38 bits per heavy atom. The molecule has 0 bridgehead atoms. The molecule has 1 aliphatic heterocycles. The summed E-state index contributed by atoms with van der Waals surface area (Å²) in [7, 11) is 0. The fourth-order valence-corrected chi connectivity index (χ4v) is 1.35. The van der Waals surface area contributed by atoms with E-state index in [0.29, 0.717) is 13.2 Å². The quantitative estimate of drug-likeness (QED) is 0.634. The highest BCUT2D eigenvalue weighted by Gasteiger charge is 2.24. The number of hydrogen-bond donors (Lipinski definition) is 1. The lowest BCUT2D eigenvalue weighted by Gasteiger charge is -2.30. The molecule has 1 saturated heterocycles. The van der Waals surface area contributed by atoms with Gasteiger partial charge in [0.1, 0.15) is 6.10 Å². The van der Waals surface area contributed by atoms with E-state index in [9.17, 15) is 0 Å². The molecule has 0 aromatic heterocycles. The van der Waals surface area contributed by atoms with Crippen molar-refractivity contribution in [3.8, 4) is 0 Å². The molecule has 0 aromatic rings. The van der Waals surface area contributed by atoms with E-state index in [1.54, 1.807) is 0 Å². The Bertz CT molecular complexity index is 120. The van der Waals surface area contributed by atoms with Crippen LogP contribution in [0.1, 0.15) is 13.8 Å². The minimum atomic E-state index is -0.220. The van der Waals surface area contributed by atoms with Gasteiger partial charge >= 0.3 is 0 Å². The highest BCUT2D eigenvalue weighted by atomic mass is 16.7. The van der Waals surface area contributed by atoms with Gasteiger partial charge in [0.15, 0.2) is 6.29 Å². The van der Waals surface area contributed by atoms with Crippen molar-refractivity contribution in [2.75, 3.05) is 32.9 Å². The highest BCUT2D eigenvalue weighted by Crippen LogP contribution is 2.08. The van der Waals surface area contributed by atoms with Gasteiger partial charge in [-0.15, -0.1) is 0 Å². The average Bonchev–Trinajstić information content (AvgIpc) is 2.19. The first kappa shape index (κ1) is 10.9. The normalized spacial score (nSPS) is 23.8. The Balaban J connectivity index is 2.32. The molecule has 1 rings (SSSR count). The number of ether oxygens (including phenoxy) is 3. The summed E-state index contributed by atoms with van der Waals surface area (Å²) in [6.07, 6.45) is -0.184. The summed E-state index contributed by atoms with van der Waals surface area (Å²) in [4.78, 5) is 0. The molecule has 13 heavy (non-hydrogen) atoms. The standard InChI is InChI=1S/C9H19NO3/c1-3-11-9(12-4-2)8-7-10-5-6-13-8/h8-10H,3-7H2,1-2H3. The lowest BCUT2D eigenvalue weighted by Crippen LogP contribution is -2.47. The predicted octanol–water partition coefficient (Wildman–Crippen LogP) is 0.374. The van der Waals surface area contributed by atoms with Crippen molar-refractivity contribution in [1.82, 2.24) is 5.32 Å². The first-order valence-corrected chi connectivity index (χ1v) is 4.94. The second-order valence-electron chi connectivity index (χ2n) is 2.89. The maximum absolute atomic E-state index is 5.53. The summed E-state index contributed by atoms with van der Waals surface area (Å²) < 4.78 is 16.4. The first-order chi connectivity index (χ1) is 6.38. The minimum Gasteiger partial charge on any atom is -0.370 e. The van der Waals surface area contributed by atoms with Gasteiger partial charge in [0, 0.05) is 26.3 Å². The molecule has 0 saturated carbocycles. The van der Waals surface area contributed by atoms with Crippen molar-refractivity contribution < 1.29 is 14.2 Å². The van der Waals surface area contributed by atoms with Crippen LogP contribution in [0.15, 0.2) is 0 Å². The summed E-state index contributed by atoms with van der Waals surface area (Å²) in [6.45, 7) is 7.70. The third kappa shape index (κ3) is 3.60. The van der Waals surface area contributed by atoms with E-state index < -0.39 is 0 Å². The van der Waals surface area contributed by atoms with E-state index in [-0.39, 0.29) is 12.4 Å². The van der Waals surface area contributed by atoms with Crippen molar-refractivity contribution >= 4 is 0 Å². The van der Waals surface area contributed by atoms with Crippen LogP contribution in [-0.2, 0) is 14.2 Å². The third-order valence-corrected chi connectivity index (χ3v) is 1.92. The molecular formula is C9H19NO3. The number of morpholine rings is 1. The molecule has 78 valence electrons. The van der Waals surface area contributed by atoms with Crippen LogP contribution in [-0.4, -0.2) is 45.3 Å². The predicted molar refractivity (Wildman–Crippen MR) is 49.6 cm³/mol. The molecule has 1 unspecified atom stereocenters. The molecule has 4 heteroatoms. The van der Waals surface area contributed by atoms with Gasteiger partial charge in [-0.2, -0.15) is 0 Å². The summed E-state index contributed by atoms with van der Waals surface area (Å²) in [5.41, 5.74) is 0. The molecule has 4 nitrogen and oxygen atoms in total. The zero-order valence-electron chi connectivity index (χ0n) is 8.41. The summed E-state index contributed by atoms with van der Waals surface area (Å²) in [5.74, 6) is 0. The molecule has 1 heterocycles. The van der Waals surface area contributed by atoms with Crippen molar-refractivity contribution in [3.63, 3.8) is 0 Å². The Labute approximate surface area is 79.5 Å². The fraction of sp³-hybridized carbons (Fsp3) is 1.00. The van der Waals surface area contributed by atoms with Crippen LogP contribution >= 0.6 is 0 Å². The van der Waals surface area contributed by atoms with Crippen LogP contribution in [0.3, 0.4) is 0 Å². The number of rotatable bonds is 5. The van der Waals surface area contributed by atoms with Crippen LogP contribution in [0.5, 0.6) is 0 Å². The second kappa shape index (κ2) is 6.32. The van der Waals surface area contributed by atoms with Crippen molar-refractivity contribution in [3.05, 3.63) is 0 Å². The number of nitrogens with one attached hydrogen (secondary N) is 1. The molecule has 1 N–H and O–H groups in total. The topological polar surface area (TPSA) is 39.7 Å². The largest absolute Gasteiger partial charge is 0.370 e. The molecule has 0 aliphatic carbocycles. The summed E-state index contributed by atoms with van der Waals surface area (Å²) in [5, 5.41) is 3.25. The smallest absolute Gasteiger partial charge is 0.184 e. The van der Waals surface area contributed by atoms with Gasteiger partial charge in [0.25, 0.3) is 0 Å². The lowest BCUT2D eigenvalue weighted by molar-refractivity contribution is -0.207. The summed E-state index contributed by atoms with van der Waals surface area (Å²) >= 11 is 0.